The fourth-order valence-electron chi connectivity index (χ4n) is 2.65. The quantitative estimate of drug-likeness (QED) is 0.510. The van der Waals surface area contributed by atoms with Gasteiger partial charge in [0, 0.05) is 22.5 Å². The second kappa shape index (κ2) is 5.11. The molecule has 0 aliphatic carbocycles. The number of rotatable bonds is 2. The van der Waals surface area contributed by atoms with Gasteiger partial charge in [0.05, 0.1) is 12.6 Å². The van der Waals surface area contributed by atoms with E-state index < -0.39 is 0 Å². The van der Waals surface area contributed by atoms with E-state index in [0.29, 0.717) is 0 Å². The minimum absolute atomic E-state index is 0.728. The van der Waals surface area contributed by atoms with Gasteiger partial charge >= 0.3 is 0 Å². The van der Waals surface area contributed by atoms with Gasteiger partial charge in [-0.3, -0.25) is 0 Å². The van der Waals surface area contributed by atoms with Crippen molar-refractivity contribution in [3.63, 3.8) is 0 Å². The minimum Gasteiger partial charge on any atom is -0.497 e. The zero-order valence-electron chi connectivity index (χ0n) is 12.2. The predicted molar refractivity (Wildman–Crippen MR) is 89.0 cm³/mol. The first-order valence-corrected chi connectivity index (χ1v) is 7.14. The average Bonchev–Trinajstić information content (AvgIpc) is 2.61. The second-order valence-electron chi connectivity index (χ2n) is 5.15. The van der Waals surface area contributed by atoms with Crippen LogP contribution in [0, 0.1) is 0 Å². The molecule has 0 fully saturated rings. The molecule has 3 nitrogen and oxygen atoms in total. The molecular weight excluding hydrogens is 272 g/mol. The van der Waals surface area contributed by atoms with Crippen LogP contribution in [0.15, 0.2) is 66.9 Å². The zero-order chi connectivity index (χ0) is 14.9. The number of nitrogens with zero attached hydrogens (tertiary/aromatic N) is 2. The van der Waals surface area contributed by atoms with E-state index in [1.54, 1.807) is 7.11 Å². The molecule has 0 unspecified atom stereocenters. The van der Waals surface area contributed by atoms with Crippen LogP contribution >= 0.6 is 0 Å². The molecule has 0 saturated heterocycles. The Morgan fingerprint density at radius 1 is 0.818 bits per heavy atom. The summed E-state index contributed by atoms with van der Waals surface area (Å²) >= 11 is 0. The van der Waals surface area contributed by atoms with E-state index in [4.69, 9.17) is 9.72 Å². The normalized spacial score (nSPS) is 11.0. The Bertz CT molecular complexity index is 962. The van der Waals surface area contributed by atoms with Crippen LogP contribution < -0.4 is 4.74 Å². The lowest BCUT2D eigenvalue weighted by molar-refractivity contribution is 0.415. The van der Waals surface area contributed by atoms with Crippen LogP contribution in [-0.4, -0.2) is 17.1 Å². The van der Waals surface area contributed by atoms with Gasteiger partial charge in [-0.2, -0.15) is 0 Å². The van der Waals surface area contributed by atoms with E-state index in [1.165, 1.54) is 5.39 Å². The topological polar surface area (TPSA) is 35.0 Å². The monoisotopic (exact) mass is 286 g/mol. The van der Waals surface area contributed by atoms with Crippen molar-refractivity contribution >= 4 is 21.7 Å². The van der Waals surface area contributed by atoms with Crippen LogP contribution in [0.5, 0.6) is 5.75 Å². The molecular formula is C19H14N2O. The number of aromatic nitrogens is 2. The molecule has 0 spiro atoms. The SMILES string of the molecule is COc1ccc(-c2ncc3ccc4ccccc4c3n2)cc1. The highest BCUT2D eigenvalue weighted by Gasteiger charge is 2.06. The summed E-state index contributed by atoms with van der Waals surface area (Å²) in [6.45, 7) is 0. The van der Waals surface area contributed by atoms with Gasteiger partial charge in [-0.25, -0.2) is 9.97 Å². The Balaban J connectivity index is 1.93. The first-order valence-electron chi connectivity index (χ1n) is 7.14. The lowest BCUT2D eigenvalue weighted by atomic mass is 10.1. The highest BCUT2D eigenvalue weighted by molar-refractivity contribution is 6.05. The third kappa shape index (κ3) is 2.07. The maximum Gasteiger partial charge on any atom is 0.159 e. The Hall–Kier alpha value is -2.94. The number of hydrogen-bond acceptors (Lipinski definition) is 3. The first kappa shape index (κ1) is 12.8. The highest BCUT2D eigenvalue weighted by atomic mass is 16.5. The number of fused-ring (bicyclic) bond motifs is 3. The largest absolute Gasteiger partial charge is 0.497 e. The maximum atomic E-state index is 5.19. The number of ether oxygens (including phenoxy) is 1. The van der Waals surface area contributed by atoms with Gasteiger partial charge in [0.2, 0.25) is 0 Å². The van der Waals surface area contributed by atoms with Crippen molar-refractivity contribution in [1.29, 1.82) is 0 Å². The van der Waals surface area contributed by atoms with Crippen molar-refractivity contribution in [3.05, 3.63) is 66.9 Å². The molecule has 0 amide bonds. The Morgan fingerprint density at radius 2 is 1.59 bits per heavy atom. The summed E-state index contributed by atoms with van der Waals surface area (Å²) in [5, 5.41) is 3.39. The van der Waals surface area contributed by atoms with Crippen molar-refractivity contribution in [2.75, 3.05) is 7.11 Å². The number of hydrogen-bond donors (Lipinski definition) is 0. The van der Waals surface area contributed by atoms with Gasteiger partial charge in [-0.15, -0.1) is 0 Å². The molecule has 0 aliphatic heterocycles. The fraction of sp³-hybridized carbons (Fsp3) is 0.0526. The van der Waals surface area contributed by atoms with Crippen LogP contribution in [0.2, 0.25) is 0 Å². The van der Waals surface area contributed by atoms with Crippen LogP contribution in [0.4, 0.5) is 0 Å². The average molecular weight is 286 g/mol. The van der Waals surface area contributed by atoms with Crippen molar-refractivity contribution in [1.82, 2.24) is 9.97 Å². The van der Waals surface area contributed by atoms with Gasteiger partial charge in [-0.1, -0.05) is 36.4 Å². The number of benzene rings is 3. The van der Waals surface area contributed by atoms with Gasteiger partial charge in [-0.05, 0) is 29.7 Å². The molecule has 3 heteroatoms. The van der Waals surface area contributed by atoms with Crippen LogP contribution in [0.25, 0.3) is 33.1 Å². The molecule has 0 atom stereocenters. The van der Waals surface area contributed by atoms with Crippen molar-refractivity contribution < 1.29 is 4.74 Å². The maximum absolute atomic E-state index is 5.19. The standard InChI is InChI=1S/C19H14N2O/c1-22-16-10-8-14(9-11-16)19-20-12-15-7-6-13-4-2-3-5-17(13)18(15)21-19/h2-12H,1H3. The molecule has 4 aromatic rings. The zero-order valence-corrected chi connectivity index (χ0v) is 12.2. The molecule has 22 heavy (non-hydrogen) atoms. The predicted octanol–water partition coefficient (Wildman–Crippen LogP) is 4.46. The smallest absolute Gasteiger partial charge is 0.159 e. The van der Waals surface area contributed by atoms with Crippen LogP contribution in [0.1, 0.15) is 0 Å². The second-order valence-corrected chi connectivity index (χ2v) is 5.15. The first-order chi connectivity index (χ1) is 10.8. The minimum atomic E-state index is 0.728. The van der Waals surface area contributed by atoms with Crippen molar-refractivity contribution in [2.45, 2.75) is 0 Å². The number of methoxy groups -OCH3 is 1. The lowest BCUT2D eigenvalue weighted by Gasteiger charge is -2.06. The molecule has 0 bridgehead atoms. The van der Waals surface area contributed by atoms with Gasteiger partial charge in [0.15, 0.2) is 5.82 Å². The Kier molecular flexibility index (Phi) is 2.97. The van der Waals surface area contributed by atoms with Crippen molar-refractivity contribution in [3.8, 4) is 17.1 Å². The third-order valence-corrected chi connectivity index (χ3v) is 3.82. The third-order valence-electron chi connectivity index (χ3n) is 3.82. The van der Waals surface area contributed by atoms with Gasteiger partial charge < -0.3 is 4.74 Å². The van der Waals surface area contributed by atoms with Gasteiger partial charge in [0.1, 0.15) is 5.75 Å². The molecule has 0 aliphatic rings. The van der Waals surface area contributed by atoms with E-state index in [2.05, 4.69) is 29.2 Å². The summed E-state index contributed by atoms with van der Waals surface area (Å²) in [4.78, 5) is 9.26. The molecule has 1 aromatic heterocycles. The molecule has 0 radical (unpaired) electrons. The summed E-state index contributed by atoms with van der Waals surface area (Å²) in [5.41, 5.74) is 1.97. The van der Waals surface area contributed by atoms with Crippen molar-refractivity contribution in [2.24, 2.45) is 0 Å². The Morgan fingerprint density at radius 3 is 2.41 bits per heavy atom. The molecule has 0 N–H and O–H groups in total. The summed E-state index contributed by atoms with van der Waals surface area (Å²) in [7, 11) is 1.66. The van der Waals surface area contributed by atoms with E-state index in [-0.39, 0.29) is 0 Å². The summed E-state index contributed by atoms with van der Waals surface area (Å²) < 4.78 is 5.19. The van der Waals surface area contributed by atoms with E-state index in [0.717, 1.165) is 33.4 Å². The molecule has 106 valence electrons. The Labute approximate surface area is 128 Å². The molecule has 4 rings (SSSR count). The fourth-order valence-corrected chi connectivity index (χ4v) is 2.65. The summed E-state index contributed by atoms with van der Waals surface area (Å²) in [5.74, 6) is 1.56. The summed E-state index contributed by atoms with van der Waals surface area (Å²) in [6.07, 6.45) is 1.88. The van der Waals surface area contributed by atoms with Gasteiger partial charge in [0.25, 0.3) is 0 Å². The lowest BCUT2D eigenvalue weighted by Crippen LogP contribution is -1.91. The molecule has 0 saturated carbocycles. The van der Waals surface area contributed by atoms with Crippen LogP contribution in [-0.2, 0) is 0 Å². The summed E-state index contributed by atoms with van der Waals surface area (Å²) in [6, 6.07) is 20.3. The molecule has 1 heterocycles. The van der Waals surface area contributed by atoms with Crippen LogP contribution in [0.3, 0.4) is 0 Å². The highest BCUT2D eigenvalue weighted by Crippen LogP contribution is 2.26. The van der Waals surface area contributed by atoms with E-state index >= 15 is 0 Å². The van der Waals surface area contributed by atoms with E-state index in [9.17, 15) is 0 Å². The van der Waals surface area contributed by atoms with E-state index in [1.807, 2.05) is 42.6 Å². The molecule has 3 aromatic carbocycles.